The first kappa shape index (κ1) is 13.0. The predicted molar refractivity (Wildman–Crippen MR) is 68.5 cm³/mol. The van der Waals surface area contributed by atoms with Crippen LogP contribution in [0.4, 0.5) is 0 Å². The first-order valence-electron chi connectivity index (χ1n) is 5.58. The van der Waals surface area contributed by atoms with Crippen LogP contribution in [0.25, 0.3) is 10.9 Å². The van der Waals surface area contributed by atoms with Gasteiger partial charge in [0.05, 0.1) is 5.52 Å². The third-order valence-electron chi connectivity index (χ3n) is 2.24. The first-order chi connectivity index (χ1) is 8.22. The summed E-state index contributed by atoms with van der Waals surface area (Å²) in [5.41, 5.74) is 1.49. The van der Waals surface area contributed by atoms with Crippen molar-refractivity contribution >= 4 is 23.0 Å². The van der Waals surface area contributed by atoms with Gasteiger partial charge in [-0.1, -0.05) is 32.0 Å². The number of para-hydroxylation sites is 1. The summed E-state index contributed by atoms with van der Waals surface area (Å²) in [6.45, 7) is 5.49. The topological polar surface area (TPSA) is 47.0 Å². The fourth-order valence-electron chi connectivity index (χ4n) is 1.51. The molecule has 17 heavy (non-hydrogen) atoms. The molecule has 0 saturated heterocycles. The van der Waals surface area contributed by atoms with Gasteiger partial charge in [-0.05, 0) is 19.1 Å². The highest BCUT2D eigenvalue weighted by Crippen LogP contribution is 2.17. The molecule has 88 valence electrons. The Morgan fingerprint density at radius 3 is 2.47 bits per heavy atom. The van der Waals surface area contributed by atoms with Crippen LogP contribution in [0.1, 0.15) is 41.6 Å². The molecule has 0 spiro atoms. The Bertz CT molecular complexity index is 547. The Labute approximate surface area is 100 Å². The number of hydrogen-bond acceptors (Lipinski definition) is 3. The first-order valence-corrected chi connectivity index (χ1v) is 5.58. The average Bonchev–Trinajstić information content (AvgIpc) is 2.39. The van der Waals surface area contributed by atoms with Gasteiger partial charge in [-0.3, -0.25) is 9.59 Å². The van der Waals surface area contributed by atoms with Crippen molar-refractivity contribution < 1.29 is 9.59 Å². The summed E-state index contributed by atoms with van der Waals surface area (Å²) in [5, 5.41) is 0.869. The fraction of sp³-hybridized carbons (Fsp3) is 0.214. The molecule has 0 aliphatic rings. The lowest BCUT2D eigenvalue weighted by Gasteiger charge is -2.02. The molecular formula is C14H15NO2. The van der Waals surface area contributed by atoms with Gasteiger partial charge in [0.25, 0.3) is 0 Å². The Morgan fingerprint density at radius 1 is 1.18 bits per heavy atom. The Hall–Kier alpha value is -2.03. The maximum atomic E-state index is 11.3. The van der Waals surface area contributed by atoms with Gasteiger partial charge >= 0.3 is 0 Å². The molecule has 2 aromatic rings. The molecule has 0 aliphatic heterocycles. The van der Waals surface area contributed by atoms with E-state index < -0.39 is 0 Å². The standard InChI is InChI=1S/C12H9NO2.C2H6/c1-8(15)11-4-2-3-9-5-6-10(7-14)13-12(9)11;1-2/h2-7H,1H3;1-2H3. The van der Waals surface area contributed by atoms with Gasteiger partial charge in [0, 0.05) is 10.9 Å². The van der Waals surface area contributed by atoms with E-state index in [0.717, 1.165) is 5.39 Å². The summed E-state index contributed by atoms with van der Waals surface area (Å²) >= 11 is 0. The lowest BCUT2D eigenvalue weighted by molar-refractivity contribution is 0.101. The van der Waals surface area contributed by atoms with Crippen molar-refractivity contribution in [3.8, 4) is 0 Å². The lowest BCUT2D eigenvalue weighted by atomic mass is 10.1. The van der Waals surface area contributed by atoms with E-state index >= 15 is 0 Å². The Balaban J connectivity index is 0.000000686. The second-order valence-electron chi connectivity index (χ2n) is 3.29. The molecule has 3 heteroatoms. The van der Waals surface area contributed by atoms with E-state index in [1.54, 1.807) is 24.3 Å². The highest BCUT2D eigenvalue weighted by molar-refractivity contribution is 6.05. The SMILES string of the molecule is CC.CC(=O)c1cccc2ccc(C=O)nc12. The van der Waals surface area contributed by atoms with Crippen molar-refractivity contribution in [2.45, 2.75) is 20.8 Å². The minimum Gasteiger partial charge on any atom is -0.296 e. The number of aldehydes is 1. The number of rotatable bonds is 2. The number of fused-ring (bicyclic) bond motifs is 1. The van der Waals surface area contributed by atoms with Gasteiger partial charge in [0.15, 0.2) is 12.1 Å². The molecule has 0 unspecified atom stereocenters. The van der Waals surface area contributed by atoms with Crippen LogP contribution in [0, 0.1) is 0 Å². The molecule has 0 saturated carbocycles. The molecular weight excluding hydrogens is 214 g/mol. The minimum atomic E-state index is -0.0452. The van der Waals surface area contributed by atoms with Crippen LogP contribution in [-0.2, 0) is 0 Å². The van der Waals surface area contributed by atoms with Crippen LogP contribution in [-0.4, -0.2) is 17.1 Å². The van der Waals surface area contributed by atoms with Crippen LogP contribution in [0.15, 0.2) is 30.3 Å². The number of ketones is 1. The normalized spacial score (nSPS) is 9.35. The van der Waals surface area contributed by atoms with E-state index in [1.807, 2.05) is 19.9 Å². The summed E-state index contributed by atoms with van der Waals surface area (Å²) in [6.07, 6.45) is 0.677. The van der Waals surface area contributed by atoms with Gasteiger partial charge in [-0.25, -0.2) is 4.98 Å². The fourth-order valence-corrected chi connectivity index (χ4v) is 1.51. The van der Waals surface area contributed by atoms with Crippen LogP contribution in [0.2, 0.25) is 0 Å². The van der Waals surface area contributed by atoms with Gasteiger partial charge in [-0.15, -0.1) is 0 Å². The third-order valence-corrected chi connectivity index (χ3v) is 2.24. The number of nitrogens with zero attached hydrogens (tertiary/aromatic N) is 1. The zero-order chi connectivity index (χ0) is 12.8. The summed E-state index contributed by atoms with van der Waals surface area (Å²) in [5.74, 6) is -0.0452. The van der Waals surface area contributed by atoms with Crippen LogP contribution < -0.4 is 0 Å². The summed E-state index contributed by atoms with van der Waals surface area (Å²) in [6, 6.07) is 8.81. The van der Waals surface area contributed by atoms with Crippen LogP contribution in [0.3, 0.4) is 0 Å². The second-order valence-corrected chi connectivity index (χ2v) is 3.29. The highest BCUT2D eigenvalue weighted by atomic mass is 16.1. The van der Waals surface area contributed by atoms with E-state index in [1.165, 1.54) is 6.92 Å². The summed E-state index contributed by atoms with van der Waals surface area (Å²) in [4.78, 5) is 26.0. The zero-order valence-electron chi connectivity index (χ0n) is 10.2. The molecule has 0 aliphatic carbocycles. The van der Waals surface area contributed by atoms with Crippen molar-refractivity contribution in [1.82, 2.24) is 4.98 Å². The van der Waals surface area contributed by atoms with Gasteiger partial charge in [0.1, 0.15) is 5.69 Å². The van der Waals surface area contributed by atoms with E-state index in [9.17, 15) is 9.59 Å². The highest BCUT2D eigenvalue weighted by Gasteiger charge is 2.06. The number of carbonyl (C=O) groups excluding carboxylic acids is 2. The molecule has 1 aromatic carbocycles. The summed E-state index contributed by atoms with van der Waals surface area (Å²) < 4.78 is 0. The van der Waals surface area contributed by atoms with Crippen molar-refractivity contribution in [3.63, 3.8) is 0 Å². The lowest BCUT2D eigenvalue weighted by Crippen LogP contribution is -1.97. The Morgan fingerprint density at radius 2 is 1.88 bits per heavy atom. The van der Waals surface area contributed by atoms with E-state index in [-0.39, 0.29) is 5.78 Å². The number of carbonyl (C=O) groups is 2. The number of pyridine rings is 1. The summed E-state index contributed by atoms with van der Waals surface area (Å²) in [7, 11) is 0. The smallest absolute Gasteiger partial charge is 0.168 e. The maximum Gasteiger partial charge on any atom is 0.168 e. The number of Topliss-reactive ketones (excluding diaryl/α,β-unsaturated/α-hetero) is 1. The van der Waals surface area contributed by atoms with Crippen molar-refractivity contribution in [1.29, 1.82) is 0 Å². The number of aromatic nitrogens is 1. The molecule has 0 bridgehead atoms. The van der Waals surface area contributed by atoms with E-state index in [4.69, 9.17) is 0 Å². The molecule has 3 nitrogen and oxygen atoms in total. The molecule has 1 heterocycles. The number of benzene rings is 1. The van der Waals surface area contributed by atoms with Crippen molar-refractivity contribution in [2.24, 2.45) is 0 Å². The largest absolute Gasteiger partial charge is 0.296 e. The van der Waals surface area contributed by atoms with Gasteiger partial charge in [-0.2, -0.15) is 0 Å². The Kier molecular flexibility index (Phi) is 4.52. The third kappa shape index (κ3) is 2.75. The number of hydrogen-bond donors (Lipinski definition) is 0. The zero-order valence-corrected chi connectivity index (χ0v) is 10.2. The van der Waals surface area contributed by atoms with Crippen LogP contribution >= 0.6 is 0 Å². The van der Waals surface area contributed by atoms with Crippen molar-refractivity contribution in [3.05, 3.63) is 41.6 Å². The molecule has 2 rings (SSSR count). The average molecular weight is 229 g/mol. The van der Waals surface area contributed by atoms with E-state index in [2.05, 4.69) is 4.98 Å². The quantitative estimate of drug-likeness (QED) is 0.586. The molecule has 0 radical (unpaired) electrons. The molecule has 0 fully saturated rings. The molecule has 1 aromatic heterocycles. The monoisotopic (exact) mass is 229 g/mol. The maximum absolute atomic E-state index is 11.3. The minimum absolute atomic E-state index is 0.0452. The van der Waals surface area contributed by atoms with Gasteiger partial charge < -0.3 is 0 Å². The molecule has 0 N–H and O–H groups in total. The van der Waals surface area contributed by atoms with Gasteiger partial charge in [0.2, 0.25) is 0 Å². The molecule has 0 atom stereocenters. The molecule has 0 amide bonds. The predicted octanol–water partition coefficient (Wildman–Crippen LogP) is 3.28. The van der Waals surface area contributed by atoms with E-state index in [0.29, 0.717) is 23.1 Å². The second kappa shape index (κ2) is 5.89. The van der Waals surface area contributed by atoms with Crippen molar-refractivity contribution in [2.75, 3.05) is 0 Å². The van der Waals surface area contributed by atoms with Crippen LogP contribution in [0.5, 0.6) is 0 Å².